The largest absolute Gasteiger partial charge is 0.406 e. The quantitative estimate of drug-likeness (QED) is 0.785. The fourth-order valence-corrected chi connectivity index (χ4v) is 1.97. The maximum atomic E-state index is 11.8. The number of cyclic esters (lactones) is 1. The molecule has 0 spiro atoms. The fraction of sp³-hybridized carbons (Fsp3) is 0.133. The first-order chi connectivity index (χ1) is 9.33. The summed E-state index contributed by atoms with van der Waals surface area (Å²) in [6.45, 7) is 0. The van der Waals surface area contributed by atoms with Gasteiger partial charge in [0.1, 0.15) is 0 Å². The van der Waals surface area contributed by atoms with Crippen LogP contribution in [0, 0.1) is 0 Å². The Labute approximate surface area is 110 Å². The van der Waals surface area contributed by atoms with Gasteiger partial charge in [0.15, 0.2) is 6.04 Å². The van der Waals surface area contributed by atoms with Gasteiger partial charge in [-0.2, -0.15) is 0 Å². The number of hydrogen-bond acceptors (Lipinski definition) is 4. The van der Waals surface area contributed by atoms with E-state index in [2.05, 4.69) is 9.98 Å². The summed E-state index contributed by atoms with van der Waals surface area (Å²) < 4.78 is 5.22. The van der Waals surface area contributed by atoms with E-state index in [9.17, 15) is 4.79 Å². The van der Waals surface area contributed by atoms with Gasteiger partial charge in [-0.1, -0.05) is 24.3 Å². The summed E-state index contributed by atoms with van der Waals surface area (Å²) in [5.74, 6) is 0.0993. The number of carbonyl (C=O) groups is 1. The second-order valence-corrected chi connectivity index (χ2v) is 4.30. The van der Waals surface area contributed by atoms with E-state index >= 15 is 0 Å². The monoisotopic (exact) mass is 252 g/mol. The van der Waals surface area contributed by atoms with Crippen LogP contribution in [0.3, 0.4) is 0 Å². The van der Waals surface area contributed by atoms with Crippen molar-refractivity contribution in [1.29, 1.82) is 0 Å². The van der Waals surface area contributed by atoms with Gasteiger partial charge in [-0.05, 0) is 23.8 Å². The molecule has 4 heteroatoms. The molecule has 4 nitrogen and oxygen atoms in total. The van der Waals surface area contributed by atoms with Crippen molar-refractivity contribution in [1.82, 2.24) is 4.98 Å². The highest BCUT2D eigenvalue weighted by Crippen LogP contribution is 2.16. The van der Waals surface area contributed by atoms with E-state index < -0.39 is 6.04 Å². The average Bonchev–Trinajstić information content (AvgIpc) is 2.82. The number of rotatable bonds is 3. The number of hydrogen-bond donors (Lipinski definition) is 0. The molecule has 1 atom stereocenters. The van der Waals surface area contributed by atoms with Gasteiger partial charge in [-0.15, -0.1) is 0 Å². The van der Waals surface area contributed by atoms with Gasteiger partial charge in [0.25, 0.3) is 0 Å². The van der Waals surface area contributed by atoms with Crippen LogP contribution >= 0.6 is 0 Å². The second-order valence-electron chi connectivity index (χ2n) is 4.30. The Kier molecular flexibility index (Phi) is 3.06. The number of pyridine rings is 1. The zero-order chi connectivity index (χ0) is 13.1. The fourth-order valence-electron chi connectivity index (χ4n) is 1.97. The third-order valence-electron chi connectivity index (χ3n) is 2.92. The highest BCUT2D eigenvalue weighted by molar-refractivity contribution is 6.06. The van der Waals surface area contributed by atoms with Crippen LogP contribution in [0.5, 0.6) is 0 Å². The van der Waals surface area contributed by atoms with Gasteiger partial charge in [-0.3, -0.25) is 4.98 Å². The number of nitrogens with zero attached hydrogens (tertiary/aromatic N) is 2. The van der Waals surface area contributed by atoms with Crippen molar-refractivity contribution in [2.75, 3.05) is 0 Å². The molecule has 1 aliphatic heterocycles. The van der Waals surface area contributed by atoms with Crippen molar-refractivity contribution in [3.8, 4) is 0 Å². The number of carbonyl (C=O) groups excluding carboxylic acids is 1. The predicted octanol–water partition coefficient (Wildman–Crippen LogP) is 2.00. The molecule has 94 valence electrons. The lowest BCUT2D eigenvalue weighted by molar-refractivity contribution is -0.134. The normalized spacial score (nSPS) is 18.0. The minimum atomic E-state index is -0.473. The van der Waals surface area contributed by atoms with Gasteiger partial charge in [-0.25, -0.2) is 9.79 Å². The van der Waals surface area contributed by atoms with Crippen LogP contribution in [-0.2, 0) is 16.0 Å². The van der Waals surface area contributed by atoms with Crippen LogP contribution in [0.25, 0.3) is 0 Å². The SMILES string of the molecule is O=C1OC(c2ccccc2)=NC1Cc1cccnc1. The number of esters is 1. The first-order valence-electron chi connectivity index (χ1n) is 6.07. The zero-order valence-electron chi connectivity index (χ0n) is 10.2. The number of ether oxygens (including phenoxy) is 1. The van der Waals surface area contributed by atoms with Crippen LogP contribution in [0.1, 0.15) is 11.1 Å². The molecular formula is C15H12N2O2. The van der Waals surface area contributed by atoms with E-state index in [1.54, 1.807) is 12.4 Å². The van der Waals surface area contributed by atoms with Crippen molar-refractivity contribution in [3.63, 3.8) is 0 Å². The molecule has 0 saturated carbocycles. The number of aliphatic imine (C=N–C) groups is 1. The van der Waals surface area contributed by atoms with Crippen LogP contribution in [0.15, 0.2) is 59.9 Å². The summed E-state index contributed by atoms with van der Waals surface area (Å²) in [5, 5.41) is 0. The molecule has 2 heterocycles. The third-order valence-corrected chi connectivity index (χ3v) is 2.92. The molecule has 0 bridgehead atoms. The lowest BCUT2D eigenvalue weighted by Gasteiger charge is -2.02. The molecule has 0 saturated heterocycles. The minimum Gasteiger partial charge on any atom is -0.406 e. The van der Waals surface area contributed by atoms with Crippen LogP contribution in [0.2, 0.25) is 0 Å². The van der Waals surface area contributed by atoms with Gasteiger partial charge in [0.2, 0.25) is 5.90 Å². The first kappa shape index (κ1) is 11.6. The molecule has 19 heavy (non-hydrogen) atoms. The van der Waals surface area contributed by atoms with E-state index in [0.717, 1.165) is 11.1 Å². The molecule has 3 rings (SSSR count). The standard InChI is InChI=1S/C15H12N2O2/c18-15-13(9-11-5-4-8-16-10-11)17-14(19-15)12-6-2-1-3-7-12/h1-8,10,13H,9H2. The van der Waals surface area contributed by atoms with E-state index in [1.807, 2.05) is 42.5 Å². The summed E-state index contributed by atoms with van der Waals surface area (Å²) in [6, 6.07) is 12.7. The van der Waals surface area contributed by atoms with E-state index in [4.69, 9.17) is 4.74 Å². The zero-order valence-corrected chi connectivity index (χ0v) is 10.2. The molecule has 0 amide bonds. The molecule has 0 aliphatic carbocycles. The Bertz CT molecular complexity index is 609. The molecule has 1 aliphatic rings. The second kappa shape index (κ2) is 5.02. The lowest BCUT2D eigenvalue weighted by Crippen LogP contribution is -2.17. The molecule has 0 radical (unpaired) electrons. The summed E-state index contributed by atoms with van der Waals surface area (Å²) >= 11 is 0. The smallest absolute Gasteiger partial charge is 0.338 e. The summed E-state index contributed by atoms with van der Waals surface area (Å²) in [6.07, 6.45) is 3.96. The molecule has 0 N–H and O–H groups in total. The summed E-state index contributed by atoms with van der Waals surface area (Å²) in [7, 11) is 0. The third kappa shape index (κ3) is 2.52. The Morgan fingerprint density at radius 1 is 1.11 bits per heavy atom. The Balaban J connectivity index is 1.80. The van der Waals surface area contributed by atoms with Crippen LogP contribution in [0.4, 0.5) is 0 Å². The van der Waals surface area contributed by atoms with E-state index in [-0.39, 0.29) is 5.97 Å². The predicted molar refractivity (Wildman–Crippen MR) is 70.8 cm³/mol. The maximum absolute atomic E-state index is 11.8. The van der Waals surface area contributed by atoms with Crippen molar-refractivity contribution in [2.24, 2.45) is 4.99 Å². The molecule has 1 aromatic heterocycles. The molecule has 1 aromatic carbocycles. The molecule has 0 fully saturated rings. The topological polar surface area (TPSA) is 51.5 Å². The van der Waals surface area contributed by atoms with Crippen molar-refractivity contribution in [3.05, 3.63) is 66.0 Å². The van der Waals surface area contributed by atoms with Crippen molar-refractivity contribution >= 4 is 11.9 Å². The molecule has 2 aromatic rings. The Hall–Kier alpha value is -2.49. The van der Waals surface area contributed by atoms with Gasteiger partial charge >= 0.3 is 5.97 Å². The lowest BCUT2D eigenvalue weighted by atomic mass is 10.1. The first-order valence-corrected chi connectivity index (χ1v) is 6.07. The maximum Gasteiger partial charge on any atom is 0.338 e. The summed E-state index contributed by atoms with van der Waals surface area (Å²) in [4.78, 5) is 20.2. The van der Waals surface area contributed by atoms with Crippen molar-refractivity contribution in [2.45, 2.75) is 12.5 Å². The van der Waals surface area contributed by atoms with E-state index in [0.29, 0.717) is 12.3 Å². The van der Waals surface area contributed by atoms with Gasteiger partial charge in [0.05, 0.1) is 0 Å². The summed E-state index contributed by atoms with van der Waals surface area (Å²) in [5.41, 5.74) is 1.80. The Morgan fingerprint density at radius 3 is 2.68 bits per heavy atom. The van der Waals surface area contributed by atoms with Gasteiger partial charge < -0.3 is 4.74 Å². The number of aromatic nitrogens is 1. The molecule has 1 unspecified atom stereocenters. The number of benzene rings is 1. The molecular weight excluding hydrogens is 240 g/mol. The minimum absolute atomic E-state index is 0.303. The average molecular weight is 252 g/mol. The van der Waals surface area contributed by atoms with E-state index in [1.165, 1.54) is 0 Å². The van der Waals surface area contributed by atoms with Crippen LogP contribution < -0.4 is 0 Å². The Morgan fingerprint density at radius 2 is 1.95 bits per heavy atom. The van der Waals surface area contributed by atoms with Gasteiger partial charge in [0, 0.05) is 24.4 Å². The highest BCUT2D eigenvalue weighted by Gasteiger charge is 2.29. The highest BCUT2D eigenvalue weighted by atomic mass is 16.6. The van der Waals surface area contributed by atoms with Crippen LogP contribution in [-0.4, -0.2) is 22.9 Å². The van der Waals surface area contributed by atoms with Crippen molar-refractivity contribution < 1.29 is 9.53 Å².